The zero-order chi connectivity index (χ0) is 56.0. The van der Waals surface area contributed by atoms with Gasteiger partial charge in [0.05, 0.1) is 0 Å². The lowest BCUT2D eigenvalue weighted by atomic mass is 9.80. The van der Waals surface area contributed by atoms with Crippen LogP contribution in [-0.2, 0) is 12.8 Å². The number of aryl methyl sites for hydroxylation is 2. The average molecular weight is 1080 g/mol. The van der Waals surface area contributed by atoms with Gasteiger partial charge in [-0.3, -0.25) is 14.4 Å². The molecule has 0 radical (unpaired) electrons. The normalized spacial score (nSPS) is 12.0. The minimum absolute atomic E-state index is 0.0317. The third kappa shape index (κ3) is 7.98. The molecule has 0 fully saturated rings. The summed E-state index contributed by atoms with van der Waals surface area (Å²) in [6.07, 6.45) is 3.45. The molecule has 3 heteroatoms. The fraction of sp³-hybridized carbons (Fsp3) is 0.0741. The Morgan fingerprint density at radius 1 is 0.226 bits per heavy atom. The summed E-state index contributed by atoms with van der Waals surface area (Å²) in [7, 11) is 0. The zero-order valence-electron chi connectivity index (χ0n) is 46.2. The molecule has 0 unspecified atom stereocenters. The molecule has 0 aliphatic carbocycles. The lowest BCUT2D eigenvalue weighted by Crippen LogP contribution is -2.11. The van der Waals surface area contributed by atoms with Gasteiger partial charge in [0.15, 0.2) is 17.3 Å². The van der Waals surface area contributed by atoms with Crippen molar-refractivity contribution in [3.63, 3.8) is 0 Å². The maximum Gasteiger partial charge on any atom is 0.194 e. The van der Waals surface area contributed by atoms with Crippen LogP contribution >= 0.6 is 0 Å². The first-order valence-electron chi connectivity index (χ1n) is 29.4. The predicted molar refractivity (Wildman–Crippen MR) is 352 cm³/mol. The monoisotopic (exact) mass is 1070 g/mol. The summed E-state index contributed by atoms with van der Waals surface area (Å²) >= 11 is 0. The minimum Gasteiger partial charge on any atom is -0.294 e. The van der Waals surface area contributed by atoms with Gasteiger partial charge in [-0.15, -0.1) is 0 Å². The molecular weight excluding hydrogens is 1020 g/mol. The van der Waals surface area contributed by atoms with Crippen molar-refractivity contribution in [3.05, 3.63) is 288 Å². The van der Waals surface area contributed by atoms with Gasteiger partial charge in [0.2, 0.25) is 0 Å². The van der Waals surface area contributed by atoms with E-state index in [0.29, 0.717) is 47.9 Å². The highest BCUT2D eigenvalue weighted by molar-refractivity contribution is 6.28. The topological polar surface area (TPSA) is 51.2 Å². The zero-order valence-corrected chi connectivity index (χ0v) is 46.2. The van der Waals surface area contributed by atoms with E-state index in [0.717, 1.165) is 78.2 Å². The van der Waals surface area contributed by atoms with E-state index < -0.39 is 0 Å². The van der Waals surface area contributed by atoms with Crippen LogP contribution < -0.4 is 0 Å². The van der Waals surface area contributed by atoms with Gasteiger partial charge in [0, 0.05) is 57.3 Å². The summed E-state index contributed by atoms with van der Waals surface area (Å²) in [5.74, 6) is -0.120. The number of Topliss-reactive ketones (excluding diaryl/α,β-unsaturated/α-hetero) is 2. The van der Waals surface area contributed by atoms with Crippen molar-refractivity contribution in [1.29, 1.82) is 0 Å². The molecule has 0 spiro atoms. The van der Waals surface area contributed by atoms with Gasteiger partial charge in [-0.05, 0) is 157 Å². The van der Waals surface area contributed by atoms with E-state index in [-0.39, 0.29) is 17.3 Å². The molecule has 396 valence electrons. The Labute approximate surface area is 485 Å². The van der Waals surface area contributed by atoms with Crippen molar-refractivity contribution in [2.75, 3.05) is 0 Å². The summed E-state index contributed by atoms with van der Waals surface area (Å²) in [5, 5.41) is 22.5. The van der Waals surface area contributed by atoms with Crippen LogP contribution in [0.15, 0.2) is 255 Å². The number of carbonyl (C=O) groups is 3. The van der Waals surface area contributed by atoms with E-state index in [2.05, 4.69) is 158 Å². The molecular formula is C81H54O3. The molecule has 16 rings (SSSR count). The summed E-state index contributed by atoms with van der Waals surface area (Å²) < 4.78 is 0. The van der Waals surface area contributed by atoms with Crippen LogP contribution in [0.2, 0.25) is 0 Å². The minimum atomic E-state index is -0.183. The molecule has 0 amide bonds. The maximum absolute atomic E-state index is 16.5. The van der Waals surface area contributed by atoms with E-state index in [1.165, 1.54) is 75.8 Å². The van der Waals surface area contributed by atoms with Crippen LogP contribution in [0.25, 0.3) is 130 Å². The molecule has 3 nitrogen and oxygen atoms in total. The maximum atomic E-state index is 16.5. The van der Waals surface area contributed by atoms with E-state index in [9.17, 15) is 0 Å². The van der Waals surface area contributed by atoms with Gasteiger partial charge >= 0.3 is 0 Å². The lowest BCUT2D eigenvalue weighted by Gasteiger charge is -2.21. The highest BCUT2D eigenvalue weighted by atomic mass is 16.1. The summed E-state index contributed by atoms with van der Waals surface area (Å²) in [4.78, 5) is 47.1. The molecule has 0 N–H and O–H groups in total. The smallest absolute Gasteiger partial charge is 0.194 e. The van der Waals surface area contributed by atoms with Crippen LogP contribution in [0, 0.1) is 0 Å². The molecule has 0 atom stereocenters. The summed E-state index contributed by atoms with van der Waals surface area (Å²) in [6, 6.07) is 88.5. The Hall–Kier alpha value is -10.4. The number of fused-ring (bicyclic) bond motifs is 4. The molecule has 0 heterocycles. The number of benzene rings is 16. The van der Waals surface area contributed by atoms with Crippen LogP contribution in [0.4, 0.5) is 0 Å². The molecule has 16 aromatic carbocycles. The number of rotatable bonds is 14. The van der Waals surface area contributed by atoms with Crippen molar-refractivity contribution in [1.82, 2.24) is 0 Å². The second-order valence-electron chi connectivity index (χ2n) is 22.9. The molecule has 0 aliphatic rings. The van der Waals surface area contributed by atoms with Crippen molar-refractivity contribution in [2.24, 2.45) is 0 Å². The van der Waals surface area contributed by atoms with Crippen molar-refractivity contribution >= 4 is 125 Å². The standard InChI is InChI=1S/C81H54O3/c82-71(27-11-17-53-29-31-59-35-33-55-19-9-21-57-41-43-65(53)75(59)73(55)57)67-45-37-49-13-1-5-23-61(49)77(67)79-63-25-7-3-15-51(63)39-47-69(79)81(84)70-48-40-52-16-4-8-26-64(52)80(70)78-62-24-6-2-14-50(62)38-46-68(78)72(83)28-12-18-54-30-32-60-36-34-56-20-10-22-58-42-44-66(54)76(60)74(56)58/h1-10,13-16,19-26,29-48H,11-12,17-18,27-28H2. The fourth-order valence-electron chi connectivity index (χ4n) is 14.3. The number of hydrogen-bond acceptors (Lipinski definition) is 3. The number of ketones is 3. The second-order valence-corrected chi connectivity index (χ2v) is 22.9. The molecule has 0 bridgehead atoms. The Balaban J connectivity index is 0.800. The predicted octanol–water partition coefficient (Wildman–Crippen LogP) is 21.1. The van der Waals surface area contributed by atoms with E-state index in [1.807, 2.05) is 97.1 Å². The quantitative estimate of drug-likeness (QED) is 0.0805. The Kier molecular flexibility index (Phi) is 11.8. The highest BCUT2D eigenvalue weighted by Crippen LogP contribution is 2.46. The van der Waals surface area contributed by atoms with Crippen molar-refractivity contribution in [2.45, 2.75) is 38.5 Å². The largest absolute Gasteiger partial charge is 0.294 e. The first-order chi connectivity index (χ1) is 41.4. The van der Waals surface area contributed by atoms with Gasteiger partial charge in [-0.1, -0.05) is 243 Å². The van der Waals surface area contributed by atoms with Gasteiger partial charge in [-0.2, -0.15) is 0 Å². The molecule has 0 aromatic heterocycles. The SMILES string of the molecule is O=C(CCCc1ccc2ccc3cccc4ccc1c2c34)c1ccc2ccccc2c1-c1c(C(=O)c2ccc3ccccc3c2-c2c(C(=O)CCCc3ccc4ccc5cccc6ccc3c4c56)ccc3ccccc23)ccc2ccccc12. The summed E-state index contributed by atoms with van der Waals surface area (Å²) in [5.41, 5.74) is 7.61. The van der Waals surface area contributed by atoms with Gasteiger partial charge in [0.1, 0.15) is 0 Å². The Bertz CT molecular complexity index is 5030. The van der Waals surface area contributed by atoms with Crippen LogP contribution in [0.1, 0.15) is 73.4 Å². The van der Waals surface area contributed by atoms with E-state index >= 15 is 14.4 Å². The average Bonchev–Trinajstić information content (AvgIpc) is 1.53. The number of hydrogen-bond donors (Lipinski definition) is 0. The van der Waals surface area contributed by atoms with Crippen LogP contribution in [0.5, 0.6) is 0 Å². The molecule has 0 aliphatic heterocycles. The van der Waals surface area contributed by atoms with Crippen molar-refractivity contribution < 1.29 is 14.4 Å². The van der Waals surface area contributed by atoms with Gasteiger partial charge in [0.25, 0.3) is 0 Å². The van der Waals surface area contributed by atoms with Gasteiger partial charge < -0.3 is 0 Å². The second kappa shape index (κ2) is 20.0. The molecule has 84 heavy (non-hydrogen) atoms. The molecule has 0 saturated carbocycles. The summed E-state index contributed by atoms with van der Waals surface area (Å²) in [6.45, 7) is 0. The first-order valence-corrected chi connectivity index (χ1v) is 29.4. The number of carbonyl (C=O) groups excluding carboxylic acids is 3. The fourth-order valence-corrected chi connectivity index (χ4v) is 14.3. The van der Waals surface area contributed by atoms with Gasteiger partial charge in [-0.25, -0.2) is 0 Å². The third-order valence-corrected chi connectivity index (χ3v) is 18.2. The Morgan fingerprint density at radius 3 is 0.869 bits per heavy atom. The first kappa shape index (κ1) is 49.5. The molecule has 0 saturated heterocycles. The van der Waals surface area contributed by atoms with E-state index in [4.69, 9.17) is 0 Å². The van der Waals surface area contributed by atoms with Crippen LogP contribution in [0.3, 0.4) is 0 Å². The van der Waals surface area contributed by atoms with Crippen LogP contribution in [-0.4, -0.2) is 17.3 Å². The van der Waals surface area contributed by atoms with Crippen molar-refractivity contribution in [3.8, 4) is 22.3 Å². The third-order valence-electron chi connectivity index (χ3n) is 18.2. The highest BCUT2D eigenvalue weighted by Gasteiger charge is 2.29. The van der Waals surface area contributed by atoms with E-state index in [1.54, 1.807) is 0 Å². The Morgan fingerprint density at radius 2 is 0.500 bits per heavy atom. The molecule has 16 aromatic rings. The lowest BCUT2D eigenvalue weighted by molar-refractivity contribution is 0.0973.